The fourth-order valence-corrected chi connectivity index (χ4v) is 1.86. The smallest absolute Gasteiger partial charge is 0.133 e. The van der Waals surface area contributed by atoms with E-state index in [4.69, 9.17) is 9.47 Å². The van der Waals surface area contributed by atoms with Gasteiger partial charge in [0.05, 0.1) is 17.2 Å². The highest BCUT2D eigenvalue weighted by Crippen LogP contribution is 2.30. The van der Waals surface area contributed by atoms with Gasteiger partial charge < -0.3 is 14.6 Å². The summed E-state index contributed by atoms with van der Waals surface area (Å²) in [5.74, 6) is 1.48. The van der Waals surface area contributed by atoms with E-state index in [0.717, 1.165) is 10.2 Å². The standard InChI is InChI=1S/C13H19BrO3/c1-4-13(15,5-2)9-17-12-7-6-10(16-3)8-11(12)14/h6-8,15H,4-5,9H2,1-3H3. The van der Waals surface area contributed by atoms with E-state index in [1.165, 1.54) is 0 Å². The summed E-state index contributed by atoms with van der Waals surface area (Å²) in [6.07, 6.45) is 1.36. The van der Waals surface area contributed by atoms with E-state index in [1.54, 1.807) is 7.11 Å². The molecule has 0 saturated carbocycles. The van der Waals surface area contributed by atoms with Crippen molar-refractivity contribution in [3.8, 4) is 11.5 Å². The summed E-state index contributed by atoms with van der Waals surface area (Å²) in [5, 5.41) is 10.1. The van der Waals surface area contributed by atoms with Crippen LogP contribution < -0.4 is 9.47 Å². The van der Waals surface area contributed by atoms with Gasteiger partial charge in [-0.3, -0.25) is 0 Å². The first-order valence-corrected chi connectivity index (χ1v) is 6.52. The predicted molar refractivity (Wildman–Crippen MR) is 71.7 cm³/mol. The number of methoxy groups -OCH3 is 1. The third-order valence-corrected chi connectivity index (χ3v) is 3.57. The average molecular weight is 303 g/mol. The van der Waals surface area contributed by atoms with E-state index in [2.05, 4.69) is 15.9 Å². The van der Waals surface area contributed by atoms with Crippen LogP contribution in [0.1, 0.15) is 26.7 Å². The lowest BCUT2D eigenvalue weighted by molar-refractivity contribution is -0.0115. The van der Waals surface area contributed by atoms with Crippen LogP contribution in [0.25, 0.3) is 0 Å². The molecule has 0 fully saturated rings. The summed E-state index contributed by atoms with van der Waals surface area (Å²) >= 11 is 3.41. The highest BCUT2D eigenvalue weighted by molar-refractivity contribution is 9.10. The third-order valence-electron chi connectivity index (χ3n) is 2.95. The molecule has 17 heavy (non-hydrogen) atoms. The molecule has 1 aromatic carbocycles. The molecule has 0 atom stereocenters. The Kier molecular flexibility index (Phi) is 5.28. The highest BCUT2D eigenvalue weighted by atomic mass is 79.9. The van der Waals surface area contributed by atoms with Crippen molar-refractivity contribution >= 4 is 15.9 Å². The Morgan fingerprint density at radius 3 is 2.41 bits per heavy atom. The Labute approximate surface area is 111 Å². The van der Waals surface area contributed by atoms with Crippen LogP contribution in [0, 0.1) is 0 Å². The van der Waals surface area contributed by atoms with E-state index in [0.29, 0.717) is 25.2 Å². The van der Waals surface area contributed by atoms with Crippen molar-refractivity contribution in [2.45, 2.75) is 32.3 Å². The molecule has 3 nitrogen and oxygen atoms in total. The summed E-state index contributed by atoms with van der Waals surface area (Å²) in [6, 6.07) is 5.50. The lowest BCUT2D eigenvalue weighted by Gasteiger charge is -2.25. The van der Waals surface area contributed by atoms with Crippen molar-refractivity contribution < 1.29 is 14.6 Å². The molecular formula is C13H19BrO3. The zero-order valence-electron chi connectivity index (χ0n) is 10.5. The predicted octanol–water partition coefficient (Wildman–Crippen LogP) is 3.39. The van der Waals surface area contributed by atoms with Gasteiger partial charge in [0.15, 0.2) is 0 Å². The molecule has 0 heterocycles. The normalized spacial score (nSPS) is 11.4. The van der Waals surface area contributed by atoms with Crippen molar-refractivity contribution in [1.82, 2.24) is 0 Å². The number of aliphatic hydroxyl groups is 1. The van der Waals surface area contributed by atoms with E-state index in [1.807, 2.05) is 32.0 Å². The van der Waals surface area contributed by atoms with Crippen LogP contribution >= 0.6 is 15.9 Å². The Balaban J connectivity index is 2.69. The zero-order valence-corrected chi connectivity index (χ0v) is 12.1. The Hall–Kier alpha value is -0.740. The van der Waals surface area contributed by atoms with Gasteiger partial charge in [0.2, 0.25) is 0 Å². The molecule has 0 aliphatic carbocycles. The maximum absolute atomic E-state index is 10.1. The second-order valence-electron chi connectivity index (χ2n) is 4.02. The molecule has 0 spiro atoms. The zero-order chi connectivity index (χ0) is 12.9. The topological polar surface area (TPSA) is 38.7 Å². The lowest BCUT2D eigenvalue weighted by atomic mass is 9.99. The number of ether oxygens (including phenoxy) is 2. The van der Waals surface area contributed by atoms with Crippen LogP contribution in [0.2, 0.25) is 0 Å². The van der Waals surface area contributed by atoms with Crippen LogP contribution in [0.5, 0.6) is 11.5 Å². The van der Waals surface area contributed by atoms with E-state index >= 15 is 0 Å². The third kappa shape index (κ3) is 3.89. The number of halogens is 1. The molecule has 0 bridgehead atoms. The summed E-state index contributed by atoms with van der Waals surface area (Å²) in [5.41, 5.74) is -0.751. The van der Waals surface area contributed by atoms with E-state index in [-0.39, 0.29) is 0 Å². The fourth-order valence-electron chi connectivity index (χ4n) is 1.39. The van der Waals surface area contributed by atoms with Gasteiger partial charge in [-0.1, -0.05) is 13.8 Å². The molecule has 0 unspecified atom stereocenters. The second kappa shape index (κ2) is 6.26. The minimum Gasteiger partial charge on any atom is -0.497 e. The van der Waals surface area contributed by atoms with Crippen LogP contribution in [0.4, 0.5) is 0 Å². The molecule has 0 amide bonds. The van der Waals surface area contributed by atoms with Gasteiger partial charge in [-0.2, -0.15) is 0 Å². The molecule has 1 N–H and O–H groups in total. The molecule has 4 heteroatoms. The molecular weight excluding hydrogens is 284 g/mol. The molecule has 1 aromatic rings. The first-order chi connectivity index (χ1) is 8.04. The molecule has 96 valence electrons. The van der Waals surface area contributed by atoms with Gasteiger partial charge in [-0.15, -0.1) is 0 Å². The SMILES string of the molecule is CCC(O)(CC)COc1ccc(OC)cc1Br. The first kappa shape index (κ1) is 14.3. The molecule has 0 aromatic heterocycles. The maximum Gasteiger partial charge on any atom is 0.133 e. The number of benzene rings is 1. The lowest BCUT2D eigenvalue weighted by Crippen LogP contribution is -2.34. The van der Waals surface area contributed by atoms with Gasteiger partial charge in [-0.25, -0.2) is 0 Å². The van der Waals surface area contributed by atoms with E-state index < -0.39 is 5.60 Å². The minimum atomic E-state index is -0.751. The van der Waals surface area contributed by atoms with Crippen molar-refractivity contribution in [2.24, 2.45) is 0 Å². The van der Waals surface area contributed by atoms with Crippen LogP contribution in [-0.4, -0.2) is 24.4 Å². The van der Waals surface area contributed by atoms with E-state index in [9.17, 15) is 5.11 Å². The van der Waals surface area contributed by atoms with Gasteiger partial charge in [0, 0.05) is 0 Å². The summed E-state index contributed by atoms with van der Waals surface area (Å²) in [4.78, 5) is 0. The Bertz CT molecular complexity index is 362. The molecule has 0 radical (unpaired) electrons. The monoisotopic (exact) mass is 302 g/mol. The summed E-state index contributed by atoms with van der Waals surface area (Å²) in [6.45, 7) is 4.21. The van der Waals surface area contributed by atoms with Crippen LogP contribution in [0.3, 0.4) is 0 Å². The molecule has 1 rings (SSSR count). The second-order valence-corrected chi connectivity index (χ2v) is 4.87. The average Bonchev–Trinajstić information content (AvgIpc) is 2.36. The van der Waals surface area contributed by atoms with Crippen LogP contribution in [0.15, 0.2) is 22.7 Å². The first-order valence-electron chi connectivity index (χ1n) is 5.73. The largest absolute Gasteiger partial charge is 0.497 e. The van der Waals surface area contributed by atoms with Gasteiger partial charge in [0.25, 0.3) is 0 Å². The van der Waals surface area contributed by atoms with Crippen molar-refractivity contribution in [1.29, 1.82) is 0 Å². The number of hydrogen-bond acceptors (Lipinski definition) is 3. The van der Waals surface area contributed by atoms with Gasteiger partial charge in [-0.05, 0) is 47.0 Å². The number of rotatable bonds is 6. The summed E-state index contributed by atoms with van der Waals surface area (Å²) in [7, 11) is 1.62. The molecule has 0 aliphatic rings. The maximum atomic E-state index is 10.1. The molecule has 0 aliphatic heterocycles. The fraction of sp³-hybridized carbons (Fsp3) is 0.538. The van der Waals surface area contributed by atoms with Gasteiger partial charge in [0.1, 0.15) is 18.1 Å². The number of hydrogen-bond donors (Lipinski definition) is 1. The summed E-state index contributed by atoms with van der Waals surface area (Å²) < 4.78 is 11.6. The van der Waals surface area contributed by atoms with Gasteiger partial charge >= 0.3 is 0 Å². The Morgan fingerprint density at radius 2 is 1.94 bits per heavy atom. The van der Waals surface area contributed by atoms with Crippen molar-refractivity contribution in [3.63, 3.8) is 0 Å². The highest BCUT2D eigenvalue weighted by Gasteiger charge is 2.23. The quantitative estimate of drug-likeness (QED) is 0.875. The van der Waals surface area contributed by atoms with Crippen LogP contribution in [-0.2, 0) is 0 Å². The minimum absolute atomic E-state index is 0.297. The Morgan fingerprint density at radius 1 is 1.29 bits per heavy atom. The van der Waals surface area contributed by atoms with Crippen molar-refractivity contribution in [3.05, 3.63) is 22.7 Å². The van der Waals surface area contributed by atoms with Crippen molar-refractivity contribution in [2.75, 3.05) is 13.7 Å². The molecule has 0 saturated heterocycles.